The Morgan fingerprint density at radius 3 is 1.59 bits per heavy atom. The lowest BCUT2D eigenvalue weighted by molar-refractivity contribution is -0.122. The Morgan fingerprint density at radius 2 is 1.11 bits per heavy atom. The number of carbonyl (C=O) groups is 5. The van der Waals surface area contributed by atoms with Gasteiger partial charge in [0.05, 0.1) is 35.3 Å². The van der Waals surface area contributed by atoms with Gasteiger partial charge in [-0.2, -0.15) is 0 Å². The second-order valence-electron chi connectivity index (χ2n) is 11.7. The number of hydrogen-bond donors (Lipinski definition) is 1. The number of imide groups is 1. The number of esters is 2. The monoisotopic (exact) mass is 614 g/mol. The predicted molar refractivity (Wildman–Crippen MR) is 168 cm³/mol. The van der Waals surface area contributed by atoms with Crippen LogP contribution in [0.4, 0.5) is 11.4 Å². The third kappa shape index (κ3) is 4.84. The first-order chi connectivity index (χ1) is 22.4. The van der Waals surface area contributed by atoms with E-state index in [-0.39, 0.29) is 29.2 Å². The molecule has 1 aliphatic heterocycles. The van der Waals surface area contributed by atoms with Gasteiger partial charge in [0, 0.05) is 17.5 Å². The molecule has 0 aromatic heterocycles. The summed E-state index contributed by atoms with van der Waals surface area (Å²) in [5, 5.41) is 2.61. The summed E-state index contributed by atoms with van der Waals surface area (Å²) in [4.78, 5) is 66.2. The fourth-order valence-electron chi connectivity index (χ4n) is 7.06. The predicted octanol–water partition coefficient (Wildman–Crippen LogP) is 5.45. The van der Waals surface area contributed by atoms with E-state index in [1.54, 1.807) is 24.3 Å². The lowest BCUT2D eigenvalue weighted by Gasteiger charge is -2.45. The fourth-order valence-corrected chi connectivity index (χ4v) is 7.06. The summed E-state index contributed by atoms with van der Waals surface area (Å²) in [5.74, 6) is -3.63. The van der Waals surface area contributed by atoms with Crippen LogP contribution in [0.2, 0.25) is 0 Å². The minimum atomic E-state index is -0.729. The zero-order valence-electron chi connectivity index (χ0n) is 25.0. The van der Waals surface area contributed by atoms with Crippen LogP contribution in [0.15, 0.2) is 97.1 Å². The largest absolute Gasteiger partial charge is 0.462 e. The molecule has 0 saturated carbocycles. The van der Waals surface area contributed by atoms with Gasteiger partial charge in [0.15, 0.2) is 6.61 Å². The summed E-state index contributed by atoms with van der Waals surface area (Å²) < 4.78 is 10.3. The van der Waals surface area contributed by atoms with E-state index < -0.39 is 36.3 Å². The zero-order valence-corrected chi connectivity index (χ0v) is 25.0. The van der Waals surface area contributed by atoms with Gasteiger partial charge >= 0.3 is 11.9 Å². The molecule has 3 amide bonds. The minimum absolute atomic E-state index is 0.169. The maximum Gasteiger partial charge on any atom is 0.338 e. The summed E-state index contributed by atoms with van der Waals surface area (Å²) >= 11 is 0. The maximum atomic E-state index is 13.9. The number of nitrogens with zero attached hydrogens (tertiary/aromatic N) is 1. The Kier molecular flexibility index (Phi) is 7.44. The van der Waals surface area contributed by atoms with Crippen LogP contribution in [0, 0.1) is 11.8 Å². The van der Waals surface area contributed by atoms with Gasteiger partial charge < -0.3 is 14.8 Å². The highest BCUT2D eigenvalue weighted by molar-refractivity contribution is 6.23. The van der Waals surface area contributed by atoms with E-state index >= 15 is 0 Å². The number of rotatable bonds is 8. The van der Waals surface area contributed by atoms with E-state index in [1.165, 1.54) is 29.2 Å². The summed E-state index contributed by atoms with van der Waals surface area (Å²) in [6.45, 7) is 1.70. The molecule has 8 rings (SSSR count). The topological polar surface area (TPSA) is 119 Å². The fraction of sp³-hybridized carbons (Fsp3) is 0.216. The van der Waals surface area contributed by atoms with Crippen molar-refractivity contribution in [2.45, 2.75) is 25.2 Å². The average molecular weight is 615 g/mol. The number of hydrogen-bond acceptors (Lipinski definition) is 7. The molecule has 3 aliphatic carbocycles. The normalized spacial score (nSPS) is 20.4. The van der Waals surface area contributed by atoms with Crippen molar-refractivity contribution in [2.75, 3.05) is 23.4 Å². The van der Waals surface area contributed by atoms with Gasteiger partial charge in [0.2, 0.25) is 11.8 Å². The lowest BCUT2D eigenvalue weighted by atomic mass is 9.55. The molecule has 0 unspecified atom stereocenters. The van der Waals surface area contributed by atoms with E-state index in [0.717, 1.165) is 22.3 Å². The van der Waals surface area contributed by atoms with Gasteiger partial charge in [-0.05, 0) is 77.2 Å². The van der Waals surface area contributed by atoms with E-state index in [2.05, 4.69) is 29.6 Å². The van der Waals surface area contributed by atoms with Crippen LogP contribution in [-0.2, 0) is 23.9 Å². The summed E-state index contributed by atoms with van der Waals surface area (Å²) in [5.41, 5.74) is 5.74. The summed E-state index contributed by atoms with van der Waals surface area (Å²) in [6.07, 6.45) is 0.716. The second-order valence-corrected chi connectivity index (χ2v) is 11.7. The molecule has 1 heterocycles. The van der Waals surface area contributed by atoms with E-state index in [9.17, 15) is 24.0 Å². The molecule has 0 radical (unpaired) electrons. The van der Waals surface area contributed by atoms with Crippen molar-refractivity contribution in [3.8, 4) is 0 Å². The Hall–Kier alpha value is -5.57. The van der Waals surface area contributed by atoms with Crippen molar-refractivity contribution in [3.05, 3.63) is 130 Å². The lowest BCUT2D eigenvalue weighted by Crippen LogP contribution is -2.41. The highest BCUT2D eigenvalue weighted by atomic mass is 16.5. The van der Waals surface area contributed by atoms with Crippen LogP contribution in [0.5, 0.6) is 0 Å². The van der Waals surface area contributed by atoms with Gasteiger partial charge in [0.25, 0.3) is 5.91 Å². The first-order valence-corrected chi connectivity index (χ1v) is 15.3. The number of amides is 3. The highest BCUT2D eigenvalue weighted by Gasteiger charge is 2.61. The molecular weight excluding hydrogens is 584 g/mol. The molecule has 4 aromatic carbocycles. The van der Waals surface area contributed by atoms with E-state index in [4.69, 9.17) is 9.47 Å². The van der Waals surface area contributed by atoms with Crippen molar-refractivity contribution >= 4 is 41.0 Å². The third-order valence-corrected chi connectivity index (χ3v) is 8.99. The average Bonchev–Trinajstić information content (AvgIpc) is 3.36. The van der Waals surface area contributed by atoms with E-state index in [1.807, 2.05) is 31.2 Å². The first kappa shape index (κ1) is 29.2. The Labute approximate surface area is 265 Å². The van der Waals surface area contributed by atoms with Crippen LogP contribution >= 0.6 is 0 Å². The highest BCUT2D eigenvalue weighted by Crippen LogP contribution is 2.61. The van der Waals surface area contributed by atoms with Gasteiger partial charge in [-0.1, -0.05) is 55.5 Å². The van der Waals surface area contributed by atoms with Crippen molar-refractivity contribution in [1.82, 2.24) is 0 Å². The molecule has 230 valence electrons. The minimum Gasteiger partial charge on any atom is -0.462 e. The summed E-state index contributed by atoms with van der Waals surface area (Å²) in [7, 11) is 0. The number of carbonyl (C=O) groups excluding carboxylic acids is 5. The van der Waals surface area contributed by atoms with Gasteiger partial charge in [-0.15, -0.1) is 0 Å². The molecule has 0 spiro atoms. The van der Waals surface area contributed by atoms with Crippen molar-refractivity contribution < 1.29 is 33.4 Å². The molecule has 9 heteroatoms. The third-order valence-electron chi connectivity index (χ3n) is 8.99. The zero-order chi connectivity index (χ0) is 31.9. The molecule has 4 aromatic rings. The van der Waals surface area contributed by atoms with Crippen molar-refractivity contribution in [3.63, 3.8) is 0 Å². The molecule has 9 nitrogen and oxygen atoms in total. The number of nitrogens with one attached hydrogen (secondary N) is 1. The smallest absolute Gasteiger partial charge is 0.338 e. The summed E-state index contributed by atoms with van der Waals surface area (Å²) in [6, 6.07) is 28.4. The van der Waals surface area contributed by atoms with Crippen molar-refractivity contribution in [2.24, 2.45) is 11.8 Å². The van der Waals surface area contributed by atoms with Crippen LogP contribution in [-0.4, -0.2) is 42.9 Å². The number of benzene rings is 4. The van der Waals surface area contributed by atoms with Crippen LogP contribution < -0.4 is 10.2 Å². The number of ether oxygens (including phenoxy) is 2. The van der Waals surface area contributed by atoms with E-state index in [0.29, 0.717) is 30.0 Å². The molecule has 4 aliphatic rings. The van der Waals surface area contributed by atoms with Crippen LogP contribution in [0.3, 0.4) is 0 Å². The van der Waals surface area contributed by atoms with Gasteiger partial charge in [0.1, 0.15) is 0 Å². The molecule has 2 atom stereocenters. The molecular formula is C37H30N2O7. The Balaban J connectivity index is 1.01. The standard InChI is InChI=1S/C37H30N2O7/c1-2-19-45-36(43)21-11-15-23(16-12-21)38-29(40)20-46-37(44)22-13-17-24(18-14-22)39-34(41)32-30-25-7-3-4-8-26(25)31(33(32)35(39)42)28-10-6-5-9-27(28)30/h3-18,30-33H,2,19-20H2,1H3,(H,38,40)/t30?,31?,32-,33+. The maximum absolute atomic E-state index is 13.9. The molecule has 1 fully saturated rings. The SMILES string of the molecule is CCCOC(=O)c1ccc(NC(=O)COC(=O)c2ccc(N3C(=O)[C@@H]4C5c6ccccc6C(c6ccccc65)[C@@H]4C3=O)cc2)cc1. The second kappa shape index (κ2) is 11.7. The first-order valence-electron chi connectivity index (χ1n) is 15.3. The molecule has 46 heavy (non-hydrogen) atoms. The Bertz CT molecular complexity index is 1770. The molecule has 2 bridgehead atoms. The molecule has 1 N–H and O–H groups in total. The number of anilines is 2. The quantitative estimate of drug-likeness (QED) is 0.207. The van der Waals surface area contributed by atoms with Crippen molar-refractivity contribution in [1.29, 1.82) is 0 Å². The molecule has 1 saturated heterocycles. The van der Waals surface area contributed by atoms with Gasteiger partial charge in [-0.25, -0.2) is 14.5 Å². The van der Waals surface area contributed by atoms with Crippen LogP contribution in [0.1, 0.15) is 68.2 Å². The van der Waals surface area contributed by atoms with Gasteiger partial charge in [-0.3, -0.25) is 14.4 Å². The Morgan fingerprint density at radius 1 is 0.652 bits per heavy atom. The van der Waals surface area contributed by atoms with Crippen LogP contribution in [0.25, 0.3) is 0 Å².